The zero-order valence-corrected chi connectivity index (χ0v) is 9.12. The minimum atomic E-state index is -0.514. The molecule has 2 nitrogen and oxygen atoms in total. The van der Waals surface area contributed by atoms with Crippen LogP contribution in [0.3, 0.4) is 0 Å². The number of hydrogen-bond acceptors (Lipinski definition) is 2. The lowest BCUT2D eigenvalue weighted by Crippen LogP contribution is -1.97. The van der Waals surface area contributed by atoms with Crippen LogP contribution in [0.5, 0.6) is 5.75 Å². The van der Waals surface area contributed by atoms with Gasteiger partial charge in [-0.15, -0.1) is 0 Å². The summed E-state index contributed by atoms with van der Waals surface area (Å²) in [5, 5.41) is 0.212. The third kappa shape index (κ3) is 2.70. The second-order valence-electron chi connectivity index (χ2n) is 3.21. The molecule has 0 bridgehead atoms. The monoisotopic (exact) mass is 237 g/mol. The highest BCUT2D eigenvalue weighted by molar-refractivity contribution is 6.29. The first-order chi connectivity index (χ1) is 7.75. The maximum Gasteiger partial charge on any atom is 0.183 e. The lowest BCUT2D eigenvalue weighted by Gasteiger charge is -2.06. The van der Waals surface area contributed by atoms with Crippen LogP contribution in [0.15, 0.2) is 42.6 Å². The highest BCUT2D eigenvalue weighted by atomic mass is 35.5. The van der Waals surface area contributed by atoms with Crippen LogP contribution >= 0.6 is 11.6 Å². The van der Waals surface area contributed by atoms with Crippen molar-refractivity contribution in [1.29, 1.82) is 0 Å². The second kappa shape index (κ2) is 4.94. The molecule has 16 heavy (non-hydrogen) atoms. The van der Waals surface area contributed by atoms with E-state index in [1.165, 1.54) is 6.07 Å². The molecule has 0 aliphatic heterocycles. The molecule has 2 aromatic rings. The zero-order valence-electron chi connectivity index (χ0n) is 8.36. The highest BCUT2D eigenvalue weighted by Gasteiger charge is 2.05. The Kier molecular flexibility index (Phi) is 3.37. The fourth-order valence-electron chi connectivity index (χ4n) is 1.24. The van der Waals surface area contributed by atoms with Crippen molar-refractivity contribution < 1.29 is 9.13 Å². The summed E-state index contributed by atoms with van der Waals surface area (Å²) in [5.41, 5.74) is 0.967. The number of rotatable bonds is 3. The van der Waals surface area contributed by atoms with Gasteiger partial charge in [-0.25, -0.2) is 9.37 Å². The maximum absolute atomic E-state index is 13.2. The quantitative estimate of drug-likeness (QED) is 0.763. The van der Waals surface area contributed by atoms with Gasteiger partial charge < -0.3 is 4.74 Å². The number of ether oxygens (including phenoxy) is 1. The summed E-state index contributed by atoms with van der Waals surface area (Å²) >= 11 is 5.64. The van der Waals surface area contributed by atoms with E-state index in [0.29, 0.717) is 6.61 Å². The molecule has 0 spiro atoms. The van der Waals surface area contributed by atoms with Gasteiger partial charge in [0.15, 0.2) is 11.6 Å². The first-order valence-electron chi connectivity index (χ1n) is 4.73. The molecule has 0 atom stereocenters. The van der Waals surface area contributed by atoms with Gasteiger partial charge in [0.25, 0.3) is 0 Å². The van der Waals surface area contributed by atoms with E-state index in [9.17, 15) is 4.39 Å². The van der Waals surface area contributed by atoms with Crippen molar-refractivity contribution in [2.24, 2.45) is 0 Å². The van der Waals surface area contributed by atoms with Crippen LogP contribution in [0.25, 0.3) is 0 Å². The van der Waals surface area contributed by atoms with E-state index in [2.05, 4.69) is 4.98 Å². The van der Waals surface area contributed by atoms with E-state index in [0.717, 1.165) is 11.8 Å². The molecule has 1 heterocycles. The Morgan fingerprint density at radius 3 is 2.75 bits per heavy atom. The molecule has 0 unspecified atom stereocenters. The molecule has 0 saturated heterocycles. The Balaban J connectivity index is 2.08. The topological polar surface area (TPSA) is 22.1 Å². The Labute approximate surface area is 97.7 Å². The van der Waals surface area contributed by atoms with E-state index >= 15 is 0 Å². The number of nitrogens with zero attached hydrogens (tertiary/aromatic N) is 1. The van der Waals surface area contributed by atoms with Crippen LogP contribution in [-0.4, -0.2) is 4.98 Å². The van der Waals surface area contributed by atoms with E-state index < -0.39 is 5.82 Å². The predicted octanol–water partition coefficient (Wildman–Crippen LogP) is 3.45. The summed E-state index contributed by atoms with van der Waals surface area (Å²) in [6.07, 6.45) is 1.04. The Morgan fingerprint density at radius 1 is 1.25 bits per heavy atom. The molecule has 1 aromatic carbocycles. The highest BCUT2D eigenvalue weighted by Crippen LogP contribution is 2.20. The third-order valence-corrected chi connectivity index (χ3v) is 2.23. The molecule has 82 valence electrons. The average Bonchev–Trinajstić information content (AvgIpc) is 2.32. The van der Waals surface area contributed by atoms with Gasteiger partial charge in [-0.05, 0) is 5.56 Å². The molecule has 0 aliphatic carbocycles. The molecule has 2 rings (SSSR count). The van der Waals surface area contributed by atoms with Crippen molar-refractivity contribution >= 4 is 11.6 Å². The standard InChI is InChI=1S/C12H9ClFNO/c13-12-6-11(10(14)7-15-12)16-8-9-4-2-1-3-5-9/h1-7H,8H2. The summed E-state index contributed by atoms with van der Waals surface area (Å²) in [6, 6.07) is 10.9. The zero-order chi connectivity index (χ0) is 11.4. The van der Waals surface area contributed by atoms with Crippen molar-refractivity contribution in [3.8, 4) is 5.75 Å². The predicted molar refractivity (Wildman–Crippen MR) is 60.0 cm³/mol. The Bertz CT molecular complexity index is 476. The molecular formula is C12H9ClFNO. The SMILES string of the molecule is Fc1cnc(Cl)cc1OCc1ccccc1. The van der Waals surface area contributed by atoms with Gasteiger partial charge in [0.2, 0.25) is 0 Å². The summed E-state index contributed by atoms with van der Waals surface area (Å²) < 4.78 is 18.5. The van der Waals surface area contributed by atoms with Crippen molar-refractivity contribution in [2.45, 2.75) is 6.61 Å². The molecule has 0 aliphatic rings. The van der Waals surface area contributed by atoms with E-state index in [-0.39, 0.29) is 10.9 Å². The third-order valence-electron chi connectivity index (χ3n) is 2.02. The lowest BCUT2D eigenvalue weighted by molar-refractivity contribution is 0.289. The molecule has 0 radical (unpaired) electrons. The summed E-state index contributed by atoms with van der Waals surface area (Å²) in [4.78, 5) is 3.60. The number of hydrogen-bond donors (Lipinski definition) is 0. The largest absolute Gasteiger partial charge is 0.486 e. The summed E-state index contributed by atoms with van der Waals surface area (Å²) in [6.45, 7) is 0.304. The van der Waals surface area contributed by atoms with E-state index in [1.54, 1.807) is 0 Å². The summed E-state index contributed by atoms with van der Waals surface area (Å²) in [7, 11) is 0. The smallest absolute Gasteiger partial charge is 0.183 e. The Morgan fingerprint density at radius 2 is 2.00 bits per heavy atom. The second-order valence-corrected chi connectivity index (χ2v) is 3.60. The van der Waals surface area contributed by atoms with Gasteiger partial charge in [-0.1, -0.05) is 41.9 Å². The molecule has 0 amide bonds. The van der Waals surface area contributed by atoms with E-state index in [4.69, 9.17) is 16.3 Å². The number of halogens is 2. The molecule has 0 saturated carbocycles. The van der Waals surface area contributed by atoms with Gasteiger partial charge in [-0.2, -0.15) is 0 Å². The van der Waals surface area contributed by atoms with Gasteiger partial charge in [-0.3, -0.25) is 0 Å². The van der Waals surface area contributed by atoms with Crippen molar-refractivity contribution in [3.05, 3.63) is 59.1 Å². The van der Waals surface area contributed by atoms with E-state index in [1.807, 2.05) is 30.3 Å². The van der Waals surface area contributed by atoms with Crippen LogP contribution in [0.2, 0.25) is 5.15 Å². The fraction of sp³-hybridized carbons (Fsp3) is 0.0833. The van der Waals surface area contributed by atoms with Crippen molar-refractivity contribution in [1.82, 2.24) is 4.98 Å². The first-order valence-corrected chi connectivity index (χ1v) is 5.11. The number of pyridine rings is 1. The lowest BCUT2D eigenvalue weighted by atomic mass is 10.2. The van der Waals surface area contributed by atoms with Gasteiger partial charge >= 0.3 is 0 Å². The van der Waals surface area contributed by atoms with Crippen LogP contribution in [0.4, 0.5) is 4.39 Å². The van der Waals surface area contributed by atoms with Crippen molar-refractivity contribution in [3.63, 3.8) is 0 Å². The molecule has 0 fully saturated rings. The molecule has 4 heteroatoms. The van der Waals surface area contributed by atoms with Gasteiger partial charge in [0.1, 0.15) is 11.8 Å². The van der Waals surface area contributed by atoms with Gasteiger partial charge in [0, 0.05) is 6.07 Å². The summed E-state index contributed by atoms with van der Waals surface area (Å²) in [5.74, 6) is -0.399. The van der Waals surface area contributed by atoms with Crippen LogP contribution in [-0.2, 0) is 6.61 Å². The van der Waals surface area contributed by atoms with Gasteiger partial charge in [0.05, 0.1) is 6.20 Å². The minimum absolute atomic E-state index is 0.115. The molecule has 1 aromatic heterocycles. The number of benzene rings is 1. The normalized spacial score (nSPS) is 10.1. The molecule has 0 N–H and O–H groups in total. The number of aromatic nitrogens is 1. The average molecular weight is 238 g/mol. The van der Waals surface area contributed by atoms with Crippen molar-refractivity contribution in [2.75, 3.05) is 0 Å². The minimum Gasteiger partial charge on any atom is -0.486 e. The Hall–Kier alpha value is -1.61. The fourth-order valence-corrected chi connectivity index (χ4v) is 1.39. The molecular weight excluding hydrogens is 229 g/mol. The van der Waals surface area contributed by atoms with Crippen LogP contribution < -0.4 is 4.74 Å². The van der Waals surface area contributed by atoms with Crippen LogP contribution in [0.1, 0.15) is 5.56 Å². The maximum atomic E-state index is 13.2. The first kappa shape index (κ1) is 10.9. The van der Waals surface area contributed by atoms with Crippen LogP contribution in [0, 0.1) is 5.82 Å².